The van der Waals surface area contributed by atoms with Crippen LogP contribution in [0.15, 0.2) is 42.6 Å². The smallest absolute Gasteiger partial charge is 0.340 e. The molecule has 0 aliphatic rings. The van der Waals surface area contributed by atoms with E-state index in [-0.39, 0.29) is 5.97 Å². The summed E-state index contributed by atoms with van der Waals surface area (Å²) >= 11 is 0. The van der Waals surface area contributed by atoms with Crippen LogP contribution in [0, 0.1) is 6.92 Å². The molecule has 0 aliphatic carbocycles. The number of nitrogens with zero attached hydrogens (tertiary/aromatic N) is 1. The Balaban J connectivity index is 1.99. The van der Waals surface area contributed by atoms with Crippen molar-refractivity contribution in [3.63, 3.8) is 0 Å². The zero-order valence-corrected chi connectivity index (χ0v) is 12.0. The van der Waals surface area contributed by atoms with Gasteiger partial charge in [-0.05, 0) is 24.6 Å². The van der Waals surface area contributed by atoms with Crippen LogP contribution in [0.25, 0.3) is 11.0 Å². The highest BCUT2D eigenvalue weighted by Crippen LogP contribution is 2.20. The normalized spacial score (nSPS) is 10.8. The zero-order valence-electron chi connectivity index (χ0n) is 12.0. The van der Waals surface area contributed by atoms with Gasteiger partial charge in [0.2, 0.25) is 0 Å². The second-order valence-corrected chi connectivity index (χ2v) is 5.07. The summed E-state index contributed by atoms with van der Waals surface area (Å²) in [4.78, 5) is 19.4. The van der Waals surface area contributed by atoms with Crippen LogP contribution in [0.1, 0.15) is 27.2 Å². The Bertz CT molecular complexity index is 805. The van der Waals surface area contributed by atoms with Crippen LogP contribution in [-0.4, -0.2) is 23.0 Å². The van der Waals surface area contributed by atoms with Gasteiger partial charge in [0.05, 0.1) is 23.7 Å². The lowest BCUT2D eigenvalue weighted by molar-refractivity contribution is 0.0602. The molecule has 3 rings (SSSR count). The first-order valence-corrected chi connectivity index (χ1v) is 6.78. The predicted molar refractivity (Wildman–Crippen MR) is 81.4 cm³/mol. The highest BCUT2D eigenvalue weighted by atomic mass is 16.5. The number of pyridine rings is 1. The lowest BCUT2D eigenvalue weighted by Crippen LogP contribution is -2.02. The maximum absolute atomic E-state index is 11.8. The van der Waals surface area contributed by atoms with Gasteiger partial charge in [-0.2, -0.15) is 0 Å². The van der Waals surface area contributed by atoms with Crippen molar-refractivity contribution in [2.24, 2.45) is 0 Å². The summed E-state index contributed by atoms with van der Waals surface area (Å²) in [5, 5.41) is 0. The fraction of sp³-hybridized carbons (Fsp3) is 0.176. The summed E-state index contributed by atoms with van der Waals surface area (Å²) in [7, 11) is 1.38. The first-order chi connectivity index (χ1) is 10.2. The number of carbonyl (C=O) groups excluding carboxylic acids is 1. The molecule has 0 unspecified atom stereocenters. The number of nitrogens with one attached hydrogen (secondary N) is 1. The van der Waals surface area contributed by atoms with Crippen LogP contribution in [0.2, 0.25) is 0 Å². The Labute approximate surface area is 122 Å². The lowest BCUT2D eigenvalue weighted by Gasteiger charge is -2.01. The number of hydrogen-bond donors (Lipinski definition) is 1. The van der Waals surface area contributed by atoms with Gasteiger partial charge in [0.15, 0.2) is 0 Å². The summed E-state index contributed by atoms with van der Waals surface area (Å²) in [6.07, 6.45) is 2.40. The number of rotatable bonds is 3. The Morgan fingerprint density at radius 2 is 2.14 bits per heavy atom. The maximum Gasteiger partial charge on any atom is 0.340 e. The van der Waals surface area contributed by atoms with Crippen molar-refractivity contribution < 1.29 is 9.53 Å². The number of esters is 1. The summed E-state index contributed by atoms with van der Waals surface area (Å²) in [6.45, 7) is 2.08. The van der Waals surface area contributed by atoms with Crippen molar-refractivity contribution >= 4 is 17.0 Å². The zero-order chi connectivity index (χ0) is 14.8. The fourth-order valence-corrected chi connectivity index (χ4v) is 2.50. The average molecular weight is 280 g/mol. The quantitative estimate of drug-likeness (QED) is 0.749. The van der Waals surface area contributed by atoms with Gasteiger partial charge in [-0.25, -0.2) is 4.79 Å². The van der Waals surface area contributed by atoms with E-state index in [0.717, 1.165) is 23.1 Å². The maximum atomic E-state index is 11.8. The summed E-state index contributed by atoms with van der Waals surface area (Å²) in [5.74, 6) is -0.355. The van der Waals surface area contributed by atoms with E-state index < -0.39 is 0 Å². The van der Waals surface area contributed by atoms with Crippen molar-refractivity contribution in [3.8, 4) is 0 Å². The topological polar surface area (TPSA) is 55.0 Å². The lowest BCUT2D eigenvalue weighted by atomic mass is 10.1. The van der Waals surface area contributed by atoms with Gasteiger partial charge in [-0.1, -0.05) is 29.8 Å². The predicted octanol–water partition coefficient (Wildman–Crippen LogP) is 3.25. The first-order valence-electron chi connectivity index (χ1n) is 6.78. The number of fused-ring (bicyclic) bond motifs is 1. The van der Waals surface area contributed by atoms with Gasteiger partial charge in [-0.3, -0.25) is 4.98 Å². The molecule has 2 aromatic heterocycles. The minimum atomic E-state index is -0.355. The number of aromatic amines is 1. The molecule has 0 saturated carbocycles. The molecule has 0 atom stereocenters. The Hall–Kier alpha value is -2.62. The van der Waals surface area contributed by atoms with Crippen LogP contribution in [0.3, 0.4) is 0 Å². The van der Waals surface area contributed by atoms with E-state index in [1.807, 2.05) is 12.1 Å². The van der Waals surface area contributed by atoms with E-state index in [0.29, 0.717) is 5.56 Å². The van der Waals surface area contributed by atoms with Crippen molar-refractivity contribution in [1.29, 1.82) is 0 Å². The standard InChI is InChI=1S/C17H16N2O2/c1-11-4-3-5-12(8-11)9-13-10-15-16(19-13)14(6-7-18-15)17(20)21-2/h3-8,10,19H,9H2,1-2H3. The molecule has 0 fully saturated rings. The van der Waals surface area contributed by atoms with E-state index in [9.17, 15) is 4.79 Å². The number of aryl methyl sites for hydroxylation is 1. The summed E-state index contributed by atoms with van der Waals surface area (Å²) < 4.78 is 4.80. The fourth-order valence-electron chi connectivity index (χ4n) is 2.50. The van der Waals surface area contributed by atoms with E-state index in [2.05, 4.69) is 35.1 Å². The second-order valence-electron chi connectivity index (χ2n) is 5.07. The van der Waals surface area contributed by atoms with Crippen molar-refractivity contribution in [1.82, 2.24) is 9.97 Å². The van der Waals surface area contributed by atoms with Crippen molar-refractivity contribution in [3.05, 3.63) is 65.0 Å². The number of carbonyl (C=O) groups is 1. The van der Waals surface area contributed by atoms with Crippen LogP contribution in [0.5, 0.6) is 0 Å². The van der Waals surface area contributed by atoms with E-state index in [1.165, 1.54) is 18.2 Å². The Morgan fingerprint density at radius 3 is 2.90 bits per heavy atom. The highest BCUT2D eigenvalue weighted by Gasteiger charge is 2.13. The molecule has 0 radical (unpaired) electrons. The monoisotopic (exact) mass is 280 g/mol. The summed E-state index contributed by atoms with van der Waals surface area (Å²) in [6, 6.07) is 12.0. The summed E-state index contributed by atoms with van der Waals surface area (Å²) in [5.41, 5.74) is 5.50. The van der Waals surface area contributed by atoms with Crippen LogP contribution in [-0.2, 0) is 11.2 Å². The molecule has 1 aromatic carbocycles. The third-order valence-electron chi connectivity index (χ3n) is 3.46. The van der Waals surface area contributed by atoms with Gasteiger partial charge >= 0.3 is 5.97 Å². The third kappa shape index (κ3) is 2.65. The molecule has 0 bridgehead atoms. The number of H-pyrrole nitrogens is 1. The van der Waals surface area contributed by atoms with Gasteiger partial charge in [-0.15, -0.1) is 0 Å². The second kappa shape index (κ2) is 5.40. The molecule has 21 heavy (non-hydrogen) atoms. The van der Waals surface area contributed by atoms with Crippen molar-refractivity contribution in [2.75, 3.05) is 7.11 Å². The van der Waals surface area contributed by atoms with Crippen LogP contribution in [0.4, 0.5) is 0 Å². The minimum Gasteiger partial charge on any atom is -0.465 e. The molecule has 3 aromatic rings. The molecular weight excluding hydrogens is 264 g/mol. The number of ether oxygens (including phenoxy) is 1. The van der Waals surface area contributed by atoms with Crippen LogP contribution < -0.4 is 0 Å². The Kier molecular flexibility index (Phi) is 3.44. The molecular formula is C17H16N2O2. The molecule has 4 heteroatoms. The minimum absolute atomic E-state index is 0.355. The third-order valence-corrected chi connectivity index (χ3v) is 3.46. The van der Waals surface area contributed by atoms with E-state index in [1.54, 1.807) is 12.3 Å². The first kappa shape index (κ1) is 13.4. The average Bonchev–Trinajstić information content (AvgIpc) is 2.88. The Morgan fingerprint density at radius 1 is 1.29 bits per heavy atom. The number of methoxy groups -OCH3 is 1. The van der Waals surface area contributed by atoms with E-state index >= 15 is 0 Å². The number of aromatic nitrogens is 2. The van der Waals surface area contributed by atoms with Gasteiger partial charge in [0, 0.05) is 18.3 Å². The molecule has 2 heterocycles. The molecule has 0 amide bonds. The number of benzene rings is 1. The molecule has 0 aliphatic heterocycles. The largest absolute Gasteiger partial charge is 0.465 e. The van der Waals surface area contributed by atoms with E-state index in [4.69, 9.17) is 4.74 Å². The van der Waals surface area contributed by atoms with Crippen molar-refractivity contribution in [2.45, 2.75) is 13.3 Å². The van der Waals surface area contributed by atoms with Crippen LogP contribution >= 0.6 is 0 Å². The number of hydrogen-bond acceptors (Lipinski definition) is 3. The molecule has 4 nitrogen and oxygen atoms in total. The molecule has 106 valence electrons. The van der Waals surface area contributed by atoms with Gasteiger partial charge in [0.25, 0.3) is 0 Å². The molecule has 1 N–H and O–H groups in total. The SMILES string of the molecule is COC(=O)c1ccnc2cc(Cc3cccc(C)c3)[nH]c12. The molecule has 0 spiro atoms. The highest BCUT2D eigenvalue weighted by molar-refractivity contribution is 6.01. The van der Waals surface area contributed by atoms with Gasteiger partial charge < -0.3 is 9.72 Å². The molecule has 0 saturated heterocycles. The van der Waals surface area contributed by atoms with Gasteiger partial charge in [0.1, 0.15) is 0 Å².